The molecule has 0 amide bonds. The second-order valence-corrected chi connectivity index (χ2v) is 5.24. The quantitative estimate of drug-likeness (QED) is 0.796. The largest absolute Gasteiger partial charge is 0.491 e. The first-order valence-electron chi connectivity index (χ1n) is 7.03. The summed E-state index contributed by atoms with van der Waals surface area (Å²) in [4.78, 5) is 36.1. The van der Waals surface area contributed by atoms with E-state index in [1.54, 1.807) is 24.3 Å². The minimum atomic E-state index is -1.22. The van der Waals surface area contributed by atoms with Crippen LogP contribution >= 0.6 is 0 Å². The van der Waals surface area contributed by atoms with Crippen molar-refractivity contribution >= 4 is 5.97 Å². The van der Waals surface area contributed by atoms with Gasteiger partial charge in [0.1, 0.15) is 18.0 Å². The number of carbonyl (C=O) groups is 1. The molecule has 0 aliphatic carbocycles. The molecule has 0 saturated heterocycles. The lowest BCUT2D eigenvalue weighted by atomic mass is 10.1. The Morgan fingerprint density at radius 1 is 1.30 bits per heavy atom. The van der Waals surface area contributed by atoms with E-state index < -0.39 is 23.8 Å². The van der Waals surface area contributed by atoms with Gasteiger partial charge in [-0.3, -0.25) is 14.6 Å². The number of hydrogen-bond donors (Lipinski definition) is 2. The number of ether oxygens (including phenoxy) is 1. The highest BCUT2D eigenvalue weighted by Gasteiger charge is 2.10. The van der Waals surface area contributed by atoms with E-state index in [-0.39, 0.29) is 18.2 Å². The van der Waals surface area contributed by atoms with Gasteiger partial charge in [0.15, 0.2) is 0 Å². The van der Waals surface area contributed by atoms with Crippen molar-refractivity contribution in [2.45, 2.75) is 32.9 Å². The van der Waals surface area contributed by atoms with Crippen molar-refractivity contribution in [3.05, 3.63) is 56.4 Å². The summed E-state index contributed by atoms with van der Waals surface area (Å²) in [5.41, 5.74) is -0.607. The summed E-state index contributed by atoms with van der Waals surface area (Å²) in [5, 5.41) is 12.6. The third-order valence-electron chi connectivity index (χ3n) is 2.91. The van der Waals surface area contributed by atoms with Gasteiger partial charge >= 0.3 is 11.7 Å². The van der Waals surface area contributed by atoms with E-state index in [9.17, 15) is 14.4 Å². The number of aromatic nitrogens is 3. The Balaban J connectivity index is 2.24. The summed E-state index contributed by atoms with van der Waals surface area (Å²) < 4.78 is 6.25. The number of benzene rings is 1. The number of nitrogens with one attached hydrogen (secondary N) is 1. The molecule has 8 heteroatoms. The molecule has 0 unspecified atom stereocenters. The monoisotopic (exact) mass is 319 g/mol. The molecule has 122 valence electrons. The fourth-order valence-electron chi connectivity index (χ4n) is 1.97. The molecule has 2 rings (SSSR count). The number of carboxylic acid groups (broad SMARTS) is 1. The summed E-state index contributed by atoms with van der Waals surface area (Å²) >= 11 is 0. The molecule has 2 N–H and O–H groups in total. The number of rotatable bonds is 6. The molecule has 8 nitrogen and oxygen atoms in total. The van der Waals surface area contributed by atoms with Gasteiger partial charge in [0.25, 0.3) is 5.56 Å². The van der Waals surface area contributed by atoms with Gasteiger partial charge in [-0.05, 0) is 31.5 Å². The summed E-state index contributed by atoms with van der Waals surface area (Å²) in [5.74, 6) is -0.505. The molecule has 0 atom stereocenters. The maximum absolute atomic E-state index is 11.8. The maximum Gasteiger partial charge on any atom is 0.345 e. The molecule has 23 heavy (non-hydrogen) atoms. The zero-order chi connectivity index (χ0) is 17.0. The summed E-state index contributed by atoms with van der Waals surface area (Å²) in [6.45, 7) is 3.23. The van der Waals surface area contributed by atoms with Crippen LogP contribution in [0.5, 0.6) is 5.75 Å². The van der Waals surface area contributed by atoms with Crippen LogP contribution in [0.4, 0.5) is 0 Å². The van der Waals surface area contributed by atoms with Crippen molar-refractivity contribution in [3.63, 3.8) is 0 Å². The van der Waals surface area contributed by atoms with E-state index in [1.807, 2.05) is 13.8 Å². The van der Waals surface area contributed by atoms with Gasteiger partial charge in [-0.25, -0.2) is 9.48 Å². The Morgan fingerprint density at radius 2 is 1.96 bits per heavy atom. The maximum atomic E-state index is 11.8. The van der Waals surface area contributed by atoms with E-state index >= 15 is 0 Å². The van der Waals surface area contributed by atoms with Crippen LogP contribution in [-0.4, -0.2) is 31.9 Å². The minimum absolute atomic E-state index is 0.0601. The van der Waals surface area contributed by atoms with Crippen molar-refractivity contribution in [2.75, 3.05) is 0 Å². The predicted molar refractivity (Wildman–Crippen MR) is 81.8 cm³/mol. The Bertz CT molecular complexity index is 805. The predicted octanol–water partition coefficient (Wildman–Crippen LogP) is 0.394. The molecule has 0 radical (unpaired) electrons. The zero-order valence-electron chi connectivity index (χ0n) is 12.8. The van der Waals surface area contributed by atoms with E-state index in [0.29, 0.717) is 5.75 Å². The molecular weight excluding hydrogens is 302 g/mol. The lowest BCUT2D eigenvalue weighted by Gasteiger charge is -2.10. The number of nitrogens with zero attached hydrogens (tertiary/aromatic N) is 2. The topological polar surface area (TPSA) is 114 Å². The summed E-state index contributed by atoms with van der Waals surface area (Å²) in [6, 6.07) is 7.12. The van der Waals surface area contributed by atoms with Gasteiger partial charge in [0.2, 0.25) is 0 Å². The second-order valence-electron chi connectivity index (χ2n) is 5.24. The van der Waals surface area contributed by atoms with Crippen molar-refractivity contribution in [1.82, 2.24) is 14.8 Å². The number of H-pyrrole nitrogens is 1. The number of aliphatic carboxylic acids is 1. The molecule has 1 aromatic heterocycles. The van der Waals surface area contributed by atoms with Gasteiger partial charge in [-0.2, -0.15) is 5.10 Å². The summed E-state index contributed by atoms with van der Waals surface area (Å²) in [7, 11) is 0. The van der Waals surface area contributed by atoms with Crippen LogP contribution in [0.2, 0.25) is 0 Å². The highest BCUT2D eigenvalue weighted by Crippen LogP contribution is 2.14. The van der Waals surface area contributed by atoms with Crippen molar-refractivity contribution in [3.8, 4) is 5.75 Å². The summed E-state index contributed by atoms with van der Waals surface area (Å²) in [6.07, 6.45) is 0.238. The molecule has 2 aromatic rings. The Kier molecular flexibility index (Phi) is 4.95. The molecule has 1 heterocycles. The normalized spacial score (nSPS) is 10.7. The molecule has 0 bridgehead atoms. The molecular formula is C15H17N3O5. The van der Waals surface area contributed by atoms with Gasteiger partial charge in [0, 0.05) is 6.42 Å². The smallest absolute Gasteiger partial charge is 0.345 e. The van der Waals surface area contributed by atoms with Crippen LogP contribution in [0.15, 0.2) is 33.9 Å². The second kappa shape index (κ2) is 6.91. The van der Waals surface area contributed by atoms with E-state index in [1.165, 1.54) is 0 Å². The first-order chi connectivity index (χ1) is 10.8. The standard InChI is InChI=1S/C15H17N3O5/c1-9(2)23-11-5-3-10(4-6-11)7-12-14(21)16-15(22)18(17-12)8-13(19)20/h3-6,9H,7-8H2,1-2H3,(H,19,20)(H,16,21,22). The van der Waals surface area contributed by atoms with Crippen LogP contribution in [0.25, 0.3) is 0 Å². The Hall–Kier alpha value is -2.90. The third-order valence-corrected chi connectivity index (χ3v) is 2.91. The van der Waals surface area contributed by atoms with Gasteiger partial charge in [-0.15, -0.1) is 0 Å². The first-order valence-corrected chi connectivity index (χ1v) is 7.03. The number of hydrogen-bond acceptors (Lipinski definition) is 5. The Morgan fingerprint density at radius 3 is 2.52 bits per heavy atom. The van der Waals surface area contributed by atoms with Crippen molar-refractivity contribution in [2.24, 2.45) is 0 Å². The highest BCUT2D eigenvalue weighted by atomic mass is 16.5. The van der Waals surface area contributed by atoms with Crippen LogP contribution in [0.3, 0.4) is 0 Å². The molecule has 0 aliphatic heterocycles. The molecule has 0 saturated carbocycles. The lowest BCUT2D eigenvalue weighted by Crippen LogP contribution is -2.36. The lowest BCUT2D eigenvalue weighted by molar-refractivity contribution is -0.138. The minimum Gasteiger partial charge on any atom is -0.491 e. The highest BCUT2D eigenvalue weighted by molar-refractivity contribution is 5.66. The van der Waals surface area contributed by atoms with Crippen LogP contribution in [0.1, 0.15) is 25.1 Å². The molecule has 1 aromatic carbocycles. The van der Waals surface area contributed by atoms with Gasteiger partial charge < -0.3 is 9.84 Å². The average Bonchev–Trinajstić information content (AvgIpc) is 2.45. The molecule has 0 aliphatic rings. The van der Waals surface area contributed by atoms with E-state index in [2.05, 4.69) is 10.1 Å². The van der Waals surface area contributed by atoms with Crippen LogP contribution in [-0.2, 0) is 17.8 Å². The fourth-order valence-corrected chi connectivity index (χ4v) is 1.97. The molecule has 0 fully saturated rings. The van der Waals surface area contributed by atoms with Gasteiger partial charge in [-0.1, -0.05) is 12.1 Å². The first kappa shape index (κ1) is 16.5. The fraction of sp³-hybridized carbons (Fsp3) is 0.333. The molecule has 0 spiro atoms. The number of carboxylic acids is 1. The van der Waals surface area contributed by atoms with Crippen molar-refractivity contribution in [1.29, 1.82) is 0 Å². The SMILES string of the molecule is CC(C)Oc1ccc(Cc2nn(CC(=O)O)c(=O)[nH]c2=O)cc1. The van der Waals surface area contributed by atoms with Crippen LogP contribution in [0, 0.1) is 0 Å². The van der Waals surface area contributed by atoms with E-state index in [4.69, 9.17) is 9.84 Å². The number of aromatic amines is 1. The zero-order valence-corrected chi connectivity index (χ0v) is 12.8. The van der Waals surface area contributed by atoms with Crippen LogP contribution < -0.4 is 16.0 Å². The van der Waals surface area contributed by atoms with Gasteiger partial charge in [0.05, 0.1) is 6.10 Å². The Labute approximate surface area is 131 Å². The van der Waals surface area contributed by atoms with E-state index in [0.717, 1.165) is 10.2 Å². The third kappa shape index (κ3) is 4.53. The average molecular weight is 319 g/mol. The van der Waals surface area contributed by atoms with Crippen molar-refractivity contribution < 1.29 is 14.6 Å².